The van der Waals surface area contributed by atoms with E-state index in [0.29, 0.717) is 16.6 Å². The molecule has 0 aliphatic heterocycles. The minimum absolute atomic E-state index is 0.0222. The van der Waals surface area contributed by atoms with Gasteiger partial charge in [0, 0.05) is 31.0 Å². The summed E-state index contributed by atoms with van der Waals surface area (Å²) in [6, 6.07) is 21.2. The number of carboxylic acids is 1. The molecule has 0 bridgehead atoms. The molecule has 0 saturated carbocycles. The zero-order valence-electron chi connectivity index (χ0n) is 24.2. The van der Waals surface area contributed by atoms with Crippen LogP contribution in [0.5, 0.6) is 5.75 Å². The van der Waals surface area contributed by atoms with Gasteiger partial charge in [-0.2, -0.15) is 0 Å². The maximum absolute atomic E-state index is 13.1. The van der Waals surface area contributed by atoms with E-state index >= 15 is 0 Å². The van der Waals surface area contributed by atoms with Crippen molar-refractivity contribution >= 4 is 40.5 Å². The van der Waals surface area contributed by atoms with Crippen LogP contribution in [0.3, 0.4) is 0 Å². The third-order valence-electron chi connectivity index (χ3n) is 6.91. The molecule has 45 heavy (non-hydrogen) atoms. The molecule has 4 rings (SSSR count). The number of aliphatic carboxylic acids is 1. The molecule has 3 aromatic carbocycles. The number of rotatable bonds is 12. The minimum Gasteiger partial charge on any atom is -0.506 e. The number of nitrogens with one attached hydrogen (secondary N) is 4. The number of carboxylic acid groups (broad SMARTS) is 1. The molecule has 4 amide bonds. The molecule has 0 aliphatic carbocycles. The number of hydrogen-bond donors (Lipinski definition) is 6. The van der Waals surface area contributed by atoms with Gasteiger partial charge in [-0.1, -0.05) is 54.6 Å². The molecule has 0 radical (unpaired) electrons. The first-order valence-electron chi connectivity index (χ1n) is 13.8. The summed E-state index contributed by atoms with van der Waals surface area (Å²) >= 11 is 0. The predicted octanol–water partition coefficient (Wildman–Crippen LogP) is 0.832. The Morgan fingerprint density at radius 1 is 0.800 bits per heavy atom. The second-order valence-corrected chi connectivity index (χ2v) is 10.1. The zero-order chi connectivity index (χ0) is 32.5. The number of hydrogen-bond acceptors (Lipinski definition) is 7. The quantitative estimate of drug-likeness (QED) is 0.135. The van der Waals surface area contributed by atoms with Crippen LogP contribution in [0, 0.1) is 0 Å². The average molecular weight is 614 g/mol. The molecule has 13 nitrogen and oxygen atoms in total. The summed E-state index contributed by atoms with van der Waals surface area (Å²) in [5, 5.41) is 29.7. The fraction of sp³-hybridized carbons (Fsp3) is 0.188. The largest absolute Gasteiger partial charge is 0.506 e. The Morgan fingerprint density at radius 2 is 1.47 bits per heavy atom. The molecule has 1 aromatic heterocycles. The number of carbonyl (C=O) groups excluding carboxylic acids is 4. The number of aromatic hydroxyl groups is 1. The molecule has 0 saturated heterocycles. The normalized spacial score (nSPS) is 11.3. The highest BCUT2D eigenvalue weighted by Crippen LogP contribution is 2.27. The number of pyridine rings is 1. The van der Waals surface area contributed by atoms with Gasteiger partial charge >= 0.3 is 5.97 Å². The maximum Gasteiger partial charge on any atom is 0.322 e. The van der Waals surface area contributed by atoms with Crippen LogP contribution in [0.4, 0.5) is 0 Å². The number of nitrogens with zero attached hydrogens (tertiary/aromatic N) is 1. The van der Waals surface area contributed by atoms with Crippen LogP contribution in [0.15, 0.2) is 83.7 Å². The third-order valence-corrected chi connectivity index (χ3v) is 6.91. The lowest BCUT2D eigenvalue weighted by Gasteiger charge is -2.19. The molecular formula is C32H31N5O8. The molecule has 1 heterocycles. The highest BCUT2D eigenvalue weighted by molar-refractivity contribution is 6.03. The average Bonchev–Trinajstić information content (AvgIpc) is 3.04. The van der Waals surface area contributed by atoms with Gasteiger partial charge in [0.2, 0.25) is 11.8 Å². The highest BCUT2D eigenvalue weighted by Gasteiger charge is 2.24. The van der Waals surface area contributed by atoms with Crippen molar-refractivity contribution in [3.63, 3.8) is 0 Å². The molecule has 4 aromatic rings. The topological polar surface area (TPSA) is 196 Å². The summed E-state index contributed by atoms with van der Waals surface area (Å²) < 4.78 is 1.14. The Labute approximate surface area is 256 Å². The first-order valence-corrected chi connectivity index (χ1v) is 13.8. The molecule has 1 atom stereocenters. The number of amides is 4. The van der Waals surface area contributed by atoms with Crippen molar-refractivity contribution < 1.29 is 34.2 Å². The molecule has 0 unspecified atom stereocenters. The Morgan fingerprint density at radius 3 is 2.13 bits per heavy atom. The molecule has 232 valence electrons. The lowest BCUT2D eigenvalue weighted by atomic mass is 10.0. The van der Waals surface area contributed by atoms with Gasteiger partial charge in [0.05, 0.1) is 12.1 Å². The van der Waals surface area contributed by atoms with Crippen molar-refractivity contribution in [1.82, 2.24) is 25.8 Å². The van der Waals surface area contributed by atoms with Crippen molar-refractivity contribution in [1.29, 1.82) is 0 Å². The van der Waals surface area contributed by atoms with Crippen LogP contribution < -0.4 is 26.8 Å². The standard InChI is InChI=1S/C32H31N5O8/c1-37-24-13-12-20(14-22(24)28(41)27(32(37)45)31(44)35-18-26(39)40)16-33-25(38)17-34-30(43)23(15-19-8-4-2-5-9-19)36-29(42)21-10-6-3-7-11-21/h2-14,23,41H,15-18H2,1H3,(H,33,38)(H,34,43)(H,35,44)(H,36,42)(H,39,40)/t23-/m0/s1. The first kappa shape index (κ1) is 31.9. The SMILES string of the molecule is Cn1c(=O)c(C(=O)NCC(=O)O)c(O)c2cc(CNC(=O)CNC(=O)[C@H](Cc3ccccc3)NC(=O)c3ccccc3)ccc21. The van der Waals surface area contributed by atoms with Gasteiger partial charge in [0.15, 0.2) is 0 Å². The molecule has 0 aliphatic rings. The van der Waals surface area contributed by atoms with E-state index in [1.54, 1.807) is 36.4 Å². The molecule has 0 spiro atoms. The first-order chi connectivity index (χ1) is 21.5. The Hall–Kier alpha value is -5.98. The third kappa shape index (κ3) is 8.10. The van der Waals surface area contributed by atoms with Gasteiger partial charge in [0.1, 0.15) is 23.9 Å². The summed E-state index contributed by atoms with van der Waals surface area (Å²) in [5.74, 6) is -4.51. The second-order valence-electron chi connectivity index (χ2n) is 10.1. The van der Waals surface area contributed by atoms with Gasteiger partial charge in [-0.15, -0.1) is 0 Å². The van der Waals surface area contributed by atoms with E-state index in [1.807, 2.05) is 30.3 Å². The van der Waals surface area contributed by atoms with Gasteiger partial charge in [0.25, 0.3) is 17.4 Å². The van der Waals surface area contributed by atoms with Crippen LogP contribution in [-0.4, -0.2) is 63.5 Å². The molecule has 0 fully saturated rings. The van der Waals surface area contributed by atoms with E-state index in [1.165, 1.54) is 19.2 Å². The van der Waals surface area contributed by atoms with E-state index in [9.17, 15) is 33.9 Å². The summed E-state index contributed by atoms with van der Waals surface area (Å²) in [6.07, 6.45) is 0.201. The van der Waals surface area contributed by atoms with Crippen molar-refractivity contribution in [2.45, 2.75) is 19.0 Å². The summed E-state index contributed by atoms with van der Waals surface area (Å²) in [7, 11) is 1.40. The van der Waals surface area contributed by atoms with Gasteiger partial charge in [-0.3, -0.25) is 28.8 Å². The van der Waals surface area contributed by atoms with Crippen LogP contribution in [0.25, 0.3) is 10.9 Å². The van der Waals surface area contributed by atoms with Crippen LogP contribution in [-0.2, 0) is 34.4 Å². The van der Waals surface area contributed by atoms with E-state index in [4.69, 9.17) is 5.11 Å². The van der Waals surface area contributed by atoms with E-state index in [-0.39, 0.29) is 24.9 Å². The number of aryl methyl sites for hydroxylation is 1. The lowest BCUT2D eigenvalue weighted by molar-refractivity contribution is -0.135. The van der Waals surface area contributed by atoms with Crippen LogP contribution in [0.2, 0.25) is 0 Å². The van der Waals surface area contributed by atoms with Gasteiger partial charge in [-0.25, -0.2) is 0 Å². The smallest absolute Gasteiger partial charge is 0.322 e. The van der Waals surface area contributed by atoms with Crippen molar-refractivity contribution in [2.24, 2.45) is 7.05 Å². The highest BCUT2D eigenvalue weighted by atomic mass is 16.4. The molecule has 13 heteroatoms. The Balaban J connectivity index is 1.41. The number of carbonyl (C=O) groups is 5. The molecular weight excluding hydrogens is 582 g/mol. The summed E-state index contributed by atoms with van der Waals surface area (Å²) in [6.45, 7) is -1.15. The van der Waals surface area contributed by atoms with Gasteiger partial charge in [-0.05, 0) is 35.4 Å². The zero-order valence-corrected chi connectivity index (χ0v) is 24.2. The van der Waals surface area contributed by atoms with E-state index in [2.05, 4.69) is 21.3 Å². The number of fused-ring (bicyclic) bond motifs is 1. The van der Waals surface area contributed by atoms with Crippen LogP contribution >= 0.6 is 0 Å². The minimum atomic E-state index is -1.32. The summed E-state index contributed by atoms with van der Waals surface area (Å²) in [5.41, 5.74) is 0.581. The van der Waals surface area contributed by atoms with Crippen molar-refractivity contribution in [3.8, 4) is 5.75 Å². The van der Waals surface area contributed by atoms with Crippen molar-refractivity contribution in [3.05, 3.63) is 111 Å². The summed E-state index contributed by atoms with van der Waals surface area (Å²) in [4.78, 5) is 74.4. The second kappa shape index (κ2) is 14.5. The number of aromatic nitrogens is 1. The van der Waals surface area contributed by atoms with Gasteiger partial charge < -0.3 is 36.0 Å². The Kier molecular flexibility index (Phi) is 10.3. The monoisotopic (exact) mass is 613 g/mol. The molecule has 6 N–H and O–H groups in total. The fourth-order valence-electron chi connectivity index (χ4n) is 4.58. The lowest BCUT2D eigenvalue weighted by Crippen LogP contribution is -2.50. The van der Waals surface area contributed by atoms with Crippen molar-refractivity contribution in [2.75, 3.05) is 13.1 Å². The number of benzene rings is 3. The van der Waals surface area contributed by atoms with Crippen LogP contribution in [0.1, 0.15) is 31.8 Å². The van der Waals surface area contributed by atoms with E-state index < -0.39 is 59.1 Å². The van der Waals surface area contributed by atoms with E-state index in [0.717, 1.165) is 10.1 Å². The maximum atomic E-state index is 13.1. The Bertz CT molecular complexity index is 1810. The predicted molar refractivity (Wildman–Crippen MR) is 164 cm³/mol. The fourth-order valence-corrected chi connectivity index (χ4v) is 4.58.